The molecule has 150 valence electrons. The smallest absolute Gasteiger partial charge is 0.339 e. The predicted octanol–water partition coefficient (Wildman–Crippen LogP) is 3.02. The van der Waals surface area contributed by atoms with E-state index >= 15 is 0 Å². The topological polar surface area (TPSA) is 125 Å². The molecule has 1 saturated heterocycles. The Morgan fingerprint density at radius 3 is 2.55 bits per heavy atom. The van der Waals surface area contributed by atoms with Gasteiger partial charge in [0.25, 0.3) is 0 Å². The summed E-state index contributed by atoms with van der Waals surface area (Å²) < 4.78 is 17.3. The Bertz CT molecular complexity index is 1190. The number of ether oxygens (including phenoxy) is 2. The number of hydrogen-bond acceptors (Lipinski definition) is 7. The van der Waals surface area contributed by atoms with Gasteiger partial charge < -0.3 is 24.7 Å². The van der Waals surface area contributed by atoms with Crippen LogP contribution >= 0.6 is 0 Å². The molecule has 0 amide bonds. The normalized spacial score (nSPS) is 19.3. The molecule has 5 rings (SSSR count). The second-order valence-electron chi connectivity index (χ2n) is 7.65. The molecule has 2 aromatic heterocycles. The summed E-state index contributed by atoms with van der Waals surface area (Å²) in [6.45, 7) is 1.29. The molecule has 1 aliphatic heterocycles. The molecule has 0 unspecified atom stereocenters. The van der Waals surface area contributed by atoms with Crippen LogP contribution in [0.1, 0.15) is 47.5 Å². The lowest BCUT2D eigenvalue weighted by Gasteiger charge is -2.35. The molecular weight excluding hydrogens is 376 g/mol. The molecular formula is C21H20N2O6. The van der Waals surface area contributed by atoms with Crippen LogP contribution in [-0.4, -0.2) is 35.1 Å². The van der Waals surface area contributed by atoms with Crippen molar-refractivity contribution in [2.45, 2.75) is 37.4 Å². The fraction of sp³-hybridized carbons (Fsp3) is 0.381. The minimum Gasteiger partial charge on any atom is -0.478 e. The molecule has 29 heavy (non-hydrogen) atoms. The SMILES string of the molecule is Nc1nc2oc3ccc(C4CCC5(CC4)OCCO5)cc3c(=O)c2cc1C(=O)O. The molecule has 3 aromatic rings. The number of fused-ring (bicyclic) bond motifs is 2. The van der Waals surface area contributed by atoms with E-state index in [4.69, 9.17) is 19.6 Å². The number of nitrogen functional groups attached to an aromatic ring is 1. The van der Waals surface area contributed by atoms with Gasteiger partial charge in [0.15, 0.2) is 5.79 Å². The van der Waals surface area contributed by atoms with Gasteiger partial charge in [-0.1, -0.05) is 6.07 Å². The van der Waals surface area contributed by atoms with Crippen LogP contribution in [0.4, 0.5) is 5.82 Å². The summed E-state index contributed by atoms with van der Waals surface area (Å²) in [5, 5.41) is 9.77. The summed E-state index contributed by atoms with van der Waals surface area (Å²) in [4.78, 5) is 28.3. The van der Waals surface area contributed by atoms with Crippen molar-refractivity contribution in [3.8, 4) is 0 Å². The van der Waals surface area contributed by atoms with Gasteiger partial charge in [0, 0.05) is 12.8 Å². The molecule has 8 heteroatoms. The number of carbonyl (C=O) groups is 1. The van der Waals surface area contributed by atoms with Crippen LogP contribution in [0.2, 0.25) is 0 Å². The van der Waals surface area contributed by atoms with Crippen molar-refractivity contribution >= 4 is 33.9 Å². The number of nitrogens with zero attached hydrogens (tertiary/aromatic N) is 1. The summed E-state index contributed by atoms with van der Waals surface area (Å²) in [7, 11) is 0. The lowest BCUT2D eigenvalue weighted by molar-refractivity contribution is -0.178. The Kier molecular flexibility index (Phi) is 4.07. The minimum absolute atomic E-state index is 0.0351. The van der Waals surface area contributed by atoms with Gasteiger partial charge in [-0.25, -0.2) is 4.79 Å². The highest BCUT2D eigenvalue weighted by Gasteiger charge is 2.40. The van der Waals surface area contributed by atoms with E-state index in [1.807, 2.05) is 12.1 Å². The second-order valence-corrected chi connectivity index (χ2v) is 7.65. The van der Waals surface area contributed by atoms with Crippen molar-refractivity contribution in [1.82, 2.24) is 4.98 Å². The fourth-order valence-corrected chi connectivity index (χ4v) is 4.42. The fourth-order valence-electron chi connectivity index (χ4n) is 4.42. The maximum atomic E-state index is 13.0. The summed E-state index contributed by atoms with van der Waals surface area (Å²) in [5.41, 5.74) is 6.64. The number of hydrogen-bond donors (Lipinski definition) is 2. The molecule has 1 aliphatic carbocycles. The number of rotatable bonds is 2. The molecule has 3 heterocycles. The number of anilines is 1. The first-order chi connectivity index (χ1) is 14.0. The van der Waals surface area contributed by atoms with E-state index in [1.54, 1.807) is 6.07 Å². The van der Waals surface area contributed by atoms with Gasteiger partial charge in [0.2, 0.25) is 11.1 Å². The molecule has 2 aliphatic rings. The Labute approximate surface area is 165 Å². The summed E-state index contributed by atoms with van der Waals surface area (Å²) in [6.07, 6.45) is 3.47. The minimum atomic E-state index is -1.24. The van der Waals surface area contributed by atoms with Crippen LogP contribution in [0.3, 0.4) is 0 Å². The van der Waals surface area contributed by atoms with Crippen molar-refractivity contribution in [3.05, 3.63) is 45.6 Å². The van der Waals surface area contributed by atoms with Crippen molar-refractivity contribution in [1.29, 1.82) is 0 Å². The standard InChI is InChI=1S/C21H20N2O6/c22-18-15(20(25)26)10-14-17(24)13-9-12(1-2-16(13)29-19(14)23-18)11-3-5-21(6-4-11)27-7-8-28-21/h1-2,9-11H,3-8H2,(H2,22,23)(H,25,26). The lowest BCUT2D eigenvalue weighted by Crippen LogP contribution is -2.34. The lowest BCUT2D eigenvalue weighted by atomic mass is 9.80. The van der Waals surface area contributed by atoms with Crippen LogP contribution in [0, 0.1) is 0 Å². The van der Waals surface area contributed by atoms with Gasteiger partial charge in [0.05, 0.1) is 24.0 Å². The Morgan fingerprint density at radius 2 is 1.86 bits per heavy atom. The third-order valence-electron chi connectivity index (χ3n) is 5.98. The second kappa shape index (κ2) is 6.53. The van der Waals surface area contributed by atoms with Gasteiger partial charge in [0.1, 0.15) is 17.0 Å². The molecule has 0 bridgehead atoms. The summed E-state index contributed by atoms with van der Waals surface area (Å²) in [5.74, 6) is -1.55. The molecule has 1 aromatic carbocycles. The molecule has 8 nitrogen and oxygen atoms in total. The van der Waals surface area contributed by atoms with Crippen LogP contribution in [0.15, 0.2) is 33.5 Å². The zero-order chi connectivity index (χ0) is 20.2. The van der Waals surface area contributed by atoms with E-state index in [0.717, 1.165) is 31.2 Å². The molecule has 1 spiro atoms. The first-order valence-electron chi connectivity index (χ1n) is 9.64. The van der Waals surface area contributed by atoms with E-state index in [1.165, 1.54) is 6.07 Å². The Balaban J connectivity index is 1.55. The highest BCUT2D eigenvalue weighted by atomic mass is 16.7. The Morgan fingerprint density at radius 1 is 1.14 bits per heavy atom. The largest absolute Gasteiger partial charge is 0.478 e. The molecule has 0 atom stereocenters. The summed E-state index contributed by atoms with van der Waals surface area (Å²) >= 11 is 0. The molecule has 1 saturated carbocycles. The van der Waals surface area contributed by atoms with Gasteiger partial charge in [-0.3, -0.25) is 4.79 Å². The van der Waals surface area contributed by atoms with Crippen molar-refractivity contribution in [2.24, 2.45) is 0 Å². The van der Waals surface area contributed by atoms with E-state index < -0.39 is 11.8 Å². The molecule has 2 fully saturated rings. The number of carboxylic acid groups (broad SMARTS) is 1. The van der Waals surface area contributed by atoms with Gasteiger partial charge in [-0.15, -0.1) is 0 Å². The van der Waals surface area contributed by atoms with Crippen LogP contribution in [0.5, 0.6) is 0 Å². The summed E-state index contributed by atoms with van der Waals surface area (Å²) in [6, 6.07) is 6.81. The first-order valence-corrected chi connectivity index (χ1v) is 9.64. The average molecular weight is 396 g/mol. The molecule has 0 radical (unpaired) electrons. The van der Waals surface area contributed by atoms with Crippen molar-refractivity contribution in [2.75, 3.05) is 18.9 Å². The highest BCUT2D eigenvalue weighted by Crippen LogP contribution is 2.42. The monoisotopic (exact) mass is 396 g/mol. The number of pyridine rings is 1. The maximum absolute atomic E-state index is 13.0. The van der Waals surface area contributed by atoms with Crippen LogP contribution < -0.4 is 11.2 Å². The van der Waals surface area contributed by atoms with E-state index in [-0.39, 0.29) is 27.9 Å². The maximum Gasteiger partial charge on any atom is 0.339 e. The third-order valence-corrected chi connectivity index (χ3v) is 5.98. The van der Waals surface area contributed by atoms with Gasteiger partial charge >= 0.3 is 5.97 Å². The number of nitrogens with two attached hydrogens (primary N) is 1. The number of aromatic nitrogens is 1. The third kappa shape index (κ3) is 2.95. The predicted molar refractivity (Wildman–Crippen MR) is 105 cm³/mol. The van der Waals surface area contributed by atoms with Crippen molar-refractivity contribution in [3.63, 3.8) is 0 Å². The quantitative estimate of drug-likeness (QED) is 0.633. The zero-order valence-electron chi connectivity index (χ0n) is 15.6. The van der Waals surface area contributed by atoms with E-state index in [2.05, 4.69) is 4.98 Å². The number of benzene rings is 1. The van der Waals surface area contributed by atoms with Gasteiger partial charge in [-0.05, 0) is 42.5 Å². The number of carboxylic acids is 1. The van der Waals surface area contributed by atoms with Gasteiger partial charge in [-0.2, -0.15) is 4.98 Å². The molecule has 3 N–H and O–H groups in total. The average Bonchev–Trinajstić information content (AvgIpc) is 3.16. The van der Waals surface area contributed by atoms with E-state index in [0.29, 0.717) is 30.1 Å². The zero-order valence-corrected chi connectivity index (χ0v) is 15.6. The number of aromatic carboxylic acids is 1. The van der Waals surface area contributed by atoms with E-state index in [9.17, 15) is 14.7 Å². The Hall–Kier alpha value is -2.97. The highest BCUT2D eigenvalue weighted by molar-refractivity contribution is 5.98. The van der Waals surface area contributed by atoms with Crippen LogP contribution in [-0.2, 0) is 9.47 Å². The van der Waals surface area contributed by atoms with Crippen molar-refractivity contribution < 1.29 is 23.8 Å². The van der Waals surface area contributed by atoms with Crippen LogP contribution in [0.25, 0.3) is 22.1 Å². The first kappa shape index (κ1) is 18.1.